The Balaban J connectivity index is 2.13. The number of carbonyl (C=O) groups excluding carboxylic acids is 2. The average Bonchev–Trinajstić information content (AvgIpc) is 2.56. The summed E-state index contributed by atoms with van der Waals surface area (Å²) in [7, 11) is 0. The van der Waals surface area contributed by atoms with Gasteiger partial charge < -0.3 is 5.11 Å². The van der Waals surface area contributed by atoms with Gasteiger partial charge in [0.25, 0.3) is 0 Å². The number of fused-ring (bicyclic) bond motifs is 4. The molecular formula is C18H9Cl2NO3. The van der Waals surface area contributed by atoms with Crippen LogP contribution in [0.2, 0.25) is 10.0 Å². The largest absolute Gasteiger partial charge is 0.505 e. The lowest BCUT2D eigenvalue weighted by Gasteiger charge is -2.38. The highest BCUT2D eigenvalue weighted by atomic mass is 35.5. The van der Waals surface area contributed by atoms with Gasteiger partial charge in [0.15, 0.2) is 17.3 Å². The number of hydrogen-bond acceptors (Lipinski definition) is 4. The predicted molar refractivity (Wildman–Crippen MR) is 92.4 cm³/mol. The van der Waals surface area contributed by atoms with Crippen LogP contribution in [0.25, 0.3) is 0 Å². The van der Waals surface area contributed by atoms with Crippen LogP contribution in [-0.4, -0.2) is 22.4 Å². The van der Waals surface area contributed by atoms with Crippen LogP contribution in [-0.2, 0) is 15.0 Å². The molecule has 1 spiro atoms. The molecule has 1 aliphatic heterocycles. The van der Waals surface area contributed by atoms with E-state index in [0.29, 0.717) is 22.5 Å². The van der Waals surface area contributed by atoms with Crippen molar-refractivity contribution >= 4 is 46.2 Å². The first-order valence-corrected chi connectivity index (χ1v) is 7.85. The highest BCUT2D eigenvalue weighted by molar-refractivity contribution is 6.39. The fourth-order valence-corrected chi connectivity index (χ4v) is 3.77. The molecule has 4 rings (SSSR count). The minimum Gasteiger partial charge on any atom is -0.505 e. The van der Waals surface area contributed by atoms with Crippen molar-refractivity contribution in [3.8, 4) is 5.75 Å². The second kappa shape index (κ2) is 5.03. The zero-order valence-corrected chi connectivity index (χ0v) is 13.6. The van der Waals surface area contributed by atoms with Crippen LogP contribution in [0.3, 0.4) is 0 Å². The van der Waals surface area contributed by atoms with Gasteiger partial charge >= 0.3 is 0 Å². The Morgan fingerprint density at radius 2 is 1.71 bits per heavy atom. The molecule has 0 saturated heterocycles. The Bertz CT molecular complexity index is 964. The summed E-state index contributed by atoms with van der Waals surface area (Å²) in [6.45, 7) is 0. The van der Waals surface area contributed by atoms with E-state index in [1.165, 1.54) is 30.4 Å². The zero-order chi connectivity index (χ0) is 17.1. The van der Waals surface area contributed by atoms with Gasteiger partial charge in [0.05, 0.1) is 26.9 Å². The molecule has 1 aromatic carbocycles. The van der Waals surface area contributed by atoms with Crippen molar-refractivity contribution in [1.29, 1.82) is 0 Å². The van der Waals surface area contributed by atoms with Crippen LogP contribution in [0, 0.1) is 0 Å². The van der Waals surface area contributed by atoms with Gasteiger partial charge in [0, 0.05) is 11.1 Å². The van der Waals surface area contributed by atoms with Crippen molar-refractivity contribution in [2.24, 2.45) is 4.99 Å². The van der Waals surface area contributed by atoms with E-state index >= 15 is 0 Å². The fraction of sp³-hybridized carbons (Fsp3) is 0.0556. The molecule has 0 radical (unpaired) electrons. The number of benzene rings is 1. The van der Waals surface area contributed by atoms with Crippen LogP contribution in [0.15, 0.2) is 59.2 Å². The number of ketones is 2. The Kier molecular flexibility index (Phi) is 3.17. The van der Waals surface area contributed by atoms with Gasteiger partial charge in [-0.1, -0.05) is 35.4 Å². The zero-order valence-electron chi connectivity index (χ0n) is 12.1. The van der Waals surface area contributed by atoms with Gasteiger partial charge in [-0.2, -0.15) is 0 Å². The summed E-state index contributed by atoms with van der Waals surface area (Å²) in [5.41, 5.74) is 1.20. The lowest BCUT2D eigenvalue weighted by atomic mass is 9.67. The average molecular weight is 358 g/mol. The molecule has 3 aliphatic rings. The van der Waals surface area contributed by atoms with Crippen molar-refractivity contribution in [2.75, 3.05) is 0 Å². The molecule has 0 saturated carbocycles. The van der Waals surface area contributed by atoms with E-state index in [1.807, 2.05) is 0 Å². The van der Waals surface area contributed by atoms with Crippen LogP contribution in [0.5, 0.6) is 5.75 Å². The summed E-state index contributed by atoms with van der Waals surface area (Å²) in [5, 5.41) is 10.3. The fourth-order valence-electron chi connectivity index (χ4n) is 3.17. The second-order valence-electron chi connectivity index (χ2n) is 5.64. The number of halogens is 2. The number of phenolic OH excluding ortho intramolecular Hbond substituents is 1. The minimum atomic E-state index is -0.958. The number of allylic oxidation sites excluding steroid dienone is 8. The smallest absolute Gasteiger partial charge is 0.179 e. The molecule has 6 heteroatoms. The normalized spacial score (nSPS) is 19.9. The first-order valence-electron chi connectivity index (χ1n) is 7.09. The maximum Gasteiger partial charge on any atom is 0.179 e. The van der Waals surface area contributed by atoms with Crippen LogP contribution in [0.1, 0.15) is 5.56 Å². The summed E-state index contributed by atoms with van der Waals surface area (Å²) < 4.78 is 0. The molecule has 1 heterocycles. The van der Waals surface area contributed by atoms with Gasteiger partial charge in [-0.25, -0.2) is 4.99 Å². The number of rotatable bonds is 0. The van der Waals surface area contributed by atoms with Gasteiger partial charge in [-0.15, -0.1) is 0 Å². The molecular weight excluding hydrogens is 349 g/mol. The van der Waals surface area contributed by atoms with Crippen molar-refractivity contribution in [1.82, 2.24) is 0 Å². The minimum absolute atomic E-state index is 0.0480. The lowest BCUT2D eigenvalue weighted by molar-refractivity contribution is -0.111. The molecule has 1 aromatic rings. The lowest BCUT2D eigenvalue weighted by Crippen LogP contribution is -2.34. The van der Waals surface area contributed by atoms with Gasteiger partial charge in [-0.3, -0.25) is 9.59 Å². The number of aliphatic imine (C=N–C) groups is 1. The van der Waals surface area contributed by atoms with E-state index in [1.54, 1.807) is 18.2 Å². The summed E-state index contributed by atoms with van der Waals surface area (Å²) in [6.07, 6.45) is 10.7. The molecule has 4 nitrogen and oxygen atoms in total. The highest BCUT2D eigenvalue weighted by Gasteiger charge is 2.43. The van der Waals surface area contributed by atoms with Gasteiger partial charge in [-0.05, 0) is 36.4 Å². The molecule has 0 fully saturated rings. The summed E-state index contributed by atoms with van der Waals surface area (Å²) in [5.74, 6) is -0.606. The van der Waals surface area contributed by atoms with Crippen molar-refractivity contribution < 1.29 is 14.7 Å². The van der Waals surface area contributed by atoms with E-state index in [2.05, 4.69) is 4.99 Å². The van der Waals surface area contributed by atoms with E-state index in [9.17, 15) is 14.7 Å². The van der Waals surface area contributed by atoms with Gasteiger partial charge in [0.1, 0.15) is 0 Å². The van der Waals surface area contributed by atoms with E-state index in [4.69, 9.17) is 23.2 Å². The third kappa shape index (κ3) is 1.97. The third-order valence-corrected chi connectivity index (χ3v) is 4.92. The van der Waals surface area contributed by atoms with Gasteiger partial charge in [0.2, 0.25) is 0 Å². The third-order valence-electron chi connectivity index (χ3n) is 4.26. The van der Waals surface area contributed by atoms with Crippen molar-refractivity contribution in [2.45, 2.75) is 5.41 Å². The second-order valence-corrected chi connectivity index (χ2v) is 6.43. The predicted octanol–water partition coefficient (Wildman–Crippen LogP) is 3.78. The summed E-state index contributed by atoms with van der Waals surface area (Å²) in [4.78, 5) is 28.0. The number of phenols is 1. The molecule has 2 aliphatic carbocycles. The van der Waals surface area contributed by atoms with Crippen LogP contribution < -0.4 is 0 Å². The molecule has 24 heavy (non-hydrogen) atoms. The molecule has 118 valence electrons. The SMILES string of the molecule is O=C1C=CC2(C=C1)C1=CC(=O)C=CC1=Nc1cc(Cl)c(O)c(Cl)c12. The first kappa shape index (κ1) is 15.1. The van der Waals surface area contributed by atoms with Crippen LogP contribution >= 0.6 is 23.2 Å². The topological polar surface area (TPSA) is 66.7 Å². The highest BCUT2D eigenvalue weighted by Crippen LogP contribution is 2.53. The van der Waals surface area contributed by atoms with E-state index in [-0.39, 0.29) is 27.4 Å². The maximum absolute atomic E-state index is 11.9. The molecule has 0 atom stereocenters. The Morgan fingerprint density at radius 3 is 2.42 bits per heavy atom. The number of aromatic hydroxyl groups is 1. The Labute approximate surface area is 147 Å². The summed E-state index contributed by atoms with van der Waals surface area (Å²) in [6, 6.07) is 1.52. The van der Waals surface area contributed by atoms with Crippen molar-refractivity contribution in [3.63, 3.8) is 0 Å². The summed E-state index contributed by atoms with van der Waals surface area (Å²) >= 11 is 12.4. The quantitative estimate of drug-likeness (QED) is 0.718. The van der Waals surface area contributed by atoms with Crippen LogP contribution in [0.4, 0.5) is 5.69 Å². The number of nitrogens with zero attached hydrogens (tertiary/aromatic N) is 1. The van der Waals surface area contributed by atoms with Crippen molar-refractivity contribution in [3.05, 3.63) is 69.8 Å². The first-order chi connectivity index (χ1) is 11.4. The molecule has 1 N–H and O–H groups in total. The Hall–Kier alpha value is -2.43. The molecule has 0 aromatic heterocycles. The number of hydrogen-bond donors (Lipinski definition) is 1. The molecule has 0 unspecified atom stereocenters. The maximum atomic E-state index is 11.9. The standard InChI is InChI=1S/C18H9Cl2NO3/c19-12-8-14-15(16(20)17(12)24)18(5-3-9(22)4-6-18)11-7-10(23)1-2-13(11)21-14/h1-8,24H. The monoisotopic (exact) mass is 357 g/mol. The number of carbonyl (C=O) groups is 2. The molecule has 0 amide bonds. The molecule has 0 bridgehead atoms. The Morgan fingerprint density at radius 1 is 1.00 bits per heavy atom. The van der Waals surface area contributed by atoms with E-state index in [0.717, 1.165) is 0 Å². The van der Waals surface area contributed by atoms with E-state index < -0.39 is 5.41 Å².